The number of amides is 1. The van der Waals surface area contributed by atoms with Crippen LogP contribution in [0.15, 0.2) is 12.3 Å². The molecule has 2 nitrogen and oxygen atoms in total. The van der Waals surface area contributed by atoms with Crippen molar-refractivity contribution in [2.45, 2.75) is 27.7 Å². The molecule has 0 fully saturated rings. The van der Waals surface area contributed by atoms with Crippen LogP contribution in [-0.2, 0) is 4.79 Å². The molecule has 0 unspecified atom stereocenters. The largest absolute Gasteiger partial charge is 0.319 e. The third-order valence-corrected chi connectivity index (χ3v) is 1.92. The number of nitrogens with zero attached hydrogens (tertiary/aromatic N) is 1. The molecular weight excluding hydrogens is 150 g/mol. The van der Waals surface area contributed by atoms with Crippen LogP contribution in [0.3, 0.4) is 0 Å². The zero-order valence-corrected chi connectivity index (χ0v) is 8.72. The van der Waals surface area contributed by atoms with Gasteiger partial charge in [-0.05, 0) is 5.92 Å². The third kappa shape index (κ3) is 2.68. The van der Waals surface area contributed by atoms with Gasteiger partial charge in [0.25, 0.3) is 0 Å². The standard InChI is InChI=1S/C10H19NO/c1-7(2)9(5)11(6)10(12)8(3)4/h7-8H,5H2,1-4,6H3. The van der Waals surface area contributed by atoms with Gasteiger partial charge in [0.1, 0.15) is 0 Å². The van der Waals surface area contributed by atoms with Crippen molar-refractivity contribution in [3.8, 4) is 0 Å². The molecule has 0 N–H and O–H groups in total. The molecule has 0 rings (SSSR count). The summed E-state index contributed by atoms with van der Waals surface area (Å²) in [5, 5.41) is 0. The minimum absolute atomic E-state index is 0.0468. The number of hydrogen-bond donors (Lipinski definition) is 0. The lowest BCUT2D eigenvalue weighted by Crippen LogP contribution is -2.31. The van der Waals surface area contributed by atoms with Crippen LogP contribution in [0.1, 0.15) is 27.7 Å². The lowest BCUT2D eigenvalue weighted by Gasteiger charge is -2.24. The highest BCUT2D eigenvalue weighted by Crippen LogP contribution is 2.13. The van der Waals surface area contributed by atoms with Crippen molar-refractivity contribution >= 4 is 5.91 Å². The Labute approximate surface area is 75.3 Å². The molecular formula is C10H19NO. The molecule has 12 heavy (non-hydrogen) atoms. The first-order valence-corrected chi connectivity index (χ1v) is 4.34. The van der Waals surface area contributed by atoms with Gasteiger partial charge in [0.2, 0.25) is 5.91 Å². The summed E-state index contributed by atoms with van der Waals surface area (Å²) in [4.78, 5) is 13.1. The third-order valence-electron chi connectivity index (χ3n) is 1.92. The zero-order chi connectivity index (χ0) is 9.89. The van der Waals surface area contributed by atoms with Gasteiger partial charge in [0.15, 0.2) is 0 Å². The Morgan fingerprint density at radius 2 is 1.58 bits per heavy atom. The van der Waals surface area contributed by atoms with Gasteiger partial charge in [0, 0.05) is 18.7 Å². The van der Waals surface area contributed by atoms with E-state index < -0.39 is 0 Å². The van der Waals surface area contributed by atoms with Crippen molar-refractivity contribution in [3.63, 3.8) is 0 Å². The lowest BCUT2D eigenvalue weighted by molar-refractivity contribution is -0.131. The highest BCUT2D eigenvalue weighted by Gasteiger charge is 2.16. The van der Waals surface area contributed by atoms with Crippen LogP contribution >= 0.6 is 0 Å². The Morgan fingerprint density at radius 3 is 1.83 bits per heavy atom. The topological polar surface area (TPSA) is 20.3 Å². The first kappa shape index (κ1) is 11.2. The first-order chi connectivity index (χ1) is 5.37. The molecule has 0 heterocycles. The maximum Gasteiger partial charge on any atom is 0.229 e. The number of hydrogen-bond acceptors (Lipinski definition) is 1. The molecule has 0 aliphatic rings. The summed E-state index contributed by atoms with van der Waals surface area (Å²) < 4.78 is 0. The molecule has 0 aliphatic carbocycles. The van der Waals surface area contributed by atoms with Crippen molar-refractivity contribution in [2.75, 3.05) is 7.05 Å². The van der Waals surface area contributed by atoms with Crippen molar-refractivity contribution in [2.24, 2.45) is 11.8 Å². The molecule has 1 amide bonds. The quantitative estimate of drug-likeness (QED) is 0.634. The highest BCUT2D eigenvalue weighted by atomic mass is 16.2. The van der Waals surface area contributed by atoms with E-state index in [1.54, 1.807) is 11.9 Å². The average molecular weight is 169 g/mol. The van der Waals surface area contributed by atoms with E-state index in [2.05, 4.69) is 6.58 Å². The Hall–Kier alpha value is -0.790. The summed E-state index contributed by atoms with van der Waals surface area (Å²) >= 11 is 0. The van der Waals surface area contributed by atoms with Crippen molar-refractivity contribution in [1.29, 1.82) is 0 Å². The van der Waals surface area contributed by atoms with E-state index >= 15 is 0 Å². The Kier molecular flexibility index (Phi) is 4.01. The van der Waals surface area contributed by atoms with Crippen LogP contribution in [0.2, 0.25) is 0 Å². The van der Waals surface area contributed by atoms with Gasteiger partial charge in [-0.1, -0.05) is 34.3 Å². The van der Waals surface area contributed by atoms with E-state index in [0.29, 0.717) is 5.92 Å². The van der Waals surface area contributed by atoms with Crippen LogP contribution in [0, 0.1) is 11.8 Å². The predicted octanol–water partition coefficient (Wildman–Crippen LogP) is 2.27. The Morgan fingerprint density at radius 1 is 1.17 bits per heavy atom. The highest BCUT2D eigenvalue weighted by molar-refractivity contribution is 5.79. The second-order valence-corrected chi connectivity index (χ2v) is 3.70. The van der Waals surface area contributed by atoms with E-state index in [-0.39, 0.29) is 11.8 Å². The van der Waals surface area contributed by atoms with E-state index in [1.165, 1.54) is 0 Å². The Bertz CT molecular complexity index is 162. The molecule has 0 atom stereocenters. The smallest absolute Gasteiger partial charge is 0.229 e. The monoisotopic (exact) mass is 169 g/mol. The van der Waals surface area contributed by atoms with Gasteiger partial charge < -0.3 is 4.90 Å². The molecule has 0 aromatic rings. The minimum Gasteiger partial charge on any atom is -0.319 e. The van der Waals surface area contributed by atoms with Crippen LogP contribution in [0.4, 0.5) is 0 Å². The van der Waals surface area contributed by atoms with Crippen LogP contribution < -0.4 is 0 Å². The minimum atomic E-state index is 0.0468. The van der Waals surface area contributed by atoms with Crippen molar-refractivity contribution in [3.05, 3.63) is 12.3 Å². The van der Waals surface area contributed by atoms with Crippen molar-refractivity contribution in [1.82, 2.24) is 4.90 Å². The molecule has 0 bridgehead atoms. The summed E-state index contributed by atoms with van der Waals surface area (Å²) in [5.74, 6) is 0.511. The summed E-state index contributed by atoms with van der Waals surface area (Å²) in [6, 6.07) is 0. The molecule has 0 aromatic carbocycles. The van der Waals surface area contributed by atoms with E-state index in [4.69, 9.17) is 0 Å². The number of rotatable bonds is 3. The second-order valence-electron chi connectivity index (χ2n) is 3.70. The van der Waals surface area contributed by atoms with Gasteiger partial charge in [-0.3, -0.25) is 4.79 Å². The summed E-state index contributed by atoms with van der Waals surface area (Å²) in [6.07, 6.45) is 0. The van der Waals surface area contributed by atoms with Crippen molar-refractivity contribution < 1.29 is 4.79 Å². The molecule has 0 saturated heterocycles. The fraction of sp³-hybridized carbons (Fsp3) is 0.700. The molecule has 0 radical (unpaired) electrons. The predicted molar refractivity (Wildman–Crippen MR) is 51.6 cm³/mol. The lowest BCUT2D eigenvalue weighted by atomic mass is 10.1. The maximum absolute atomic E-state index is 11.5. The van der Waals surface area contributed by atoms with Gasteiger partial charge in [0.05, 0.1) is 0 Å². The summed E-state index contributed by atoms with van der Waals surface area (Å²) in [7, 11) is 1.78. The van der Waals surface area contributed by atoms with Gasteiger partial charge in [-0.2, -0.15) is 0 Å². The summed E-state index contributed by atoms with van der Waals surface area (Å²) in [6.45, 7) is 11.7. The molecule has 0 aliphatic heterocycles. The molecule has 0 saturated carbocycles. The van der Waals surface area contributed by atoms with E-state index in [1.807, 2.05) is 27.7 Å². The Balaban J connectivity index is 4.30. The molecule has 0 spiro atoms. The van der Waals surface area contributed by atoms with E-state index in [0.717, 1.165) is 5.70 Å². The zero-order valence-electron chi connectivity index (χ0n) is 8.72. The van der Waals surface area contributed by atoms with Gasteiger partial charge in [-0.15, -0.1) is 0 Å². The number of allylic oxidation sites excluding steroid dienone is 1. The fourth-order valence-corrected chi connectivity index (χ4v) is 0.916. The molecule has 0 aromatic heterocycles. The maximum atomic E-state index is 11.5. The average Bonchev–Trinajstić information content (AvgIpc) is 2.00. The fourth-order valence-electron chi connectivity index (χ4n) is 0.916. The van der Waals surface area contributed by atoms with Gasteiger partial charge in [-0.25, -0.2) is 0 Å². The molecule has 2 heteroatoms. The SMILES string of the molecule is C=C(C(C)C)N(C)C(=O)C(C)C. The summed E-state index contributed by atoms with van der Waals surface area (Å²) in [5.41, 5.74) is 0.883. The van der Waals surface area contributed by atoms with E-state index in [9.17, 15) is 4.79 Å². The van der Waals surface area contributed by atoms with Crippen LogP contribution in [0.5, 0.6) is 0 Å². The van der Waals surface area contributed by atoms with Crippen LogP contribution in [0.25, 0.3) is 0 Å². The number of carbonyl (C=O) groups excluding carboxylic acids is 1. The second kappa shape index (κ2) is 4.29. The number of carbonyl (C=O) groups is 1. The first-order valence-electron chi connectivity index (χ1n) is 4.34. The normalized spacial score (nSPS) is 10.6. The molecule has 70 valence electrons. The van der Waals surface area contributed by atoms with Crippen LogP contribution in [-0.4, -0.2) is 17.9 Å². The van der Waals surface area contributed by atoms with Gasteiger partial charge >= 0.3 is 0 Å².